The lowest BCUT2D eigenvalue weighted by molar-refractivity contribution is 0.0664. The second kappa shape index (κ2) is 3.23. The average Bonchev–Trinajstić information content (AvgIpc) is 2.63. The van der Waals surface area contributed by atoms with Gasteiger partial charge in [-0.1, -0.05) is 0 Å². The quantitative estimate of drug-likeness (QED) is 0.785. The maximum absolute atomic E-state index is 11.7. The van der Waals surface area contributed by atoms with E-state index < -0.39 is 5.97 Å². The normalized spacial score (nSPS) is 10.7. The second-order valence-electron chi connectivity index (χ2n) is 2.97. The van der Waals surface area contributed by atoms with Crippen molar-refractivity contribution in [1.29, 1.82) is 0 Å². The average molecular weight is 208 g/mol. The smallest absolute Gasteiger partial charge is 0.371 e. The van der Waals surface area contributed by atoms with Gasteiger partial charge in [0.05, 0.1) is 0 Å². The molecule has 0 fully saturated rings. The molecule has 6 heteroatoms. The fourth-order valence-corrected chi connectivity index (χ4v) is 1.29. The van der Waals surface area contributed by atoms with Crippen LogP contribution < -0.4 is 5.56 Å². The number of hydrogen-bond acceptors (Lipinski definition) is 4. The maximum atomic E-state index is 11.7. The highest BCUT2D eigenvalue weighted by atomic mass is 16.4. The molecule has 1 N–H and O–H groups in total. The fraction of sp³-hybridized carbons (Fsp3) is 0.222. The monoisotopic (exact) mass is 208 g/mol. The molecule has 0 atom stereocenters. The van der Waals surface area contributed by atoms with Crippen molar-refractivity contribution in [3.63, 3.8) is 0 Å². The lowest BCUT2D eigenvalue weighted by Gasteiger charge is -1.97. The predicted molar refractivity (Wildman–Crippen MR) is 50.9 cm³/mol. The Morgan fingerprint density at radius 1 is 1.67 bits per heavy atom. The Morgan fingerprint density at radius 2 is 2.40 bits per heavy atom. The van der Waals surface area contributed by atoms with Gasteiger partial charge in [0.25, 0.3) is 5.56 Å². The van der Waals surface area contributed by atoms with Gasteiger partial charge >= 0.3 is 5.97 Å². The standard InChI is InChI=1S/C9H8N2O4/c1-2-11-4-10-7-5(8(11)12)3-6(15-7)9(13)14/h3-4H,2H2,1H3,(H,13,14). The van der Waals surface area contributed by atoms with Crippen LogP contribution in [0.2, 0.25) is 0 Å². The van der Waals surface area contributed by atoms with Gasteiger partial charge in [0.1, 0.15) is 11.7 Å². The van der Waals surface area contributed by atoms with E-state index in [1.807, 2.05) is 0 Å². The third-order valence-electron chi connectivity index (χ3n) is 2.07. The lowest BCUT2D eigenvalue weighted by atomic mass is 10.3. The Labute approximate surface area is 83.8 Å². The number of aromatic carboxylic acids is 1. The van der Waals surface area contributed by atoms with E-state index in [1.165, 1.54) is 17.0 Å². The first kappa shape index (κ1) is 9.45. The summed E-state index contributed by atoms with van der Waals surface area (Å²) in [5.74, 6) is -1.49. The van der Waals surface area contributed by atoms with Crippen LogP contribution in [0.25, 0.3) is 11.1 Å². The van der Waals surface area contributed by atoms with Gasteiger partial charge in [0.15, 0.2) is 0 Å². The number of aryl methyl sites for hydroxylation is 1. The molecule has 0 bridgehead atoms. The van der Waals surface area contributed by atoms with Crippen LogP contribution >= 0.6 is 0 Å². The summed E-state index contributed by atoms with van der Waals surface area (Å²) in [7, 11) is 0. The van der Waals surface area contributed by atoms with E-state index >= 15 is 0 Å². The summed E-state index contributed by atoms with van der Waals surface area (Å²) >= 11 is 0. The molecular weight excluding hydrogens is 200 g/mol. The second-order valence-corrected chi connectivity index (χ2v) is 2.97. The topological polar surface area (TPSA) is 85.3 Å². The van der Waals surface area contributed by atoms with E-state index in [4.69, 9.17) is 9.52 Å². The highest BCUT2D eigenvalue weighted by Gasteiger charge is 2.14. The summed E-state index contributed by atoms with van der Waals surface area (Å²) in [6.45, 7) is 2.28. The van der Waals surface area contributed by atoms with Crippen molar-refractivity contribution in [3.05, 3.63) is 28.5 Å². The van der Waals surface area contributed by atoms with Crippen LogP contribution in [0.1, 0.15) is 17.5 Å². The van der Waals surface area contributed by atoms with Crippen molar-refractivity contribution in [3.8, 4) is 0 Å². The number of hydrogen-bond donors (Lipinski definition) is 1. The van der Waals surface area contributed by atoms with Crippen LogP contribution in [0.15, 0.2) is 21.6 Å². The summed E-state index contributed by atoms with van der Waals surface area (Å²) in [4.78, 5) is 26.1. The minimum absolute atomic E-state index is 0.0575. The molecule has 78 valence electrons. The lowest BCUT2D eigenvalue weighted by Crippen LogP contribution is -2.18. The summed E-state index contributed by atoms with van der Waals surface area (Å²) in [6, 6.07) is 1.19. The Morgan fingerprint density at radius 3 is 3.00 bits per heavy atom. The van der Waals surface area contributed by atoms with E-state index in [0.717, 1.165) is 0 Å². The fourth-order valence-electron chi connectivity index (χ4n) is 1.29. The van der Waals surface area contributed by atoms with Crippen molar-refractivity contribution in [2.24, 2.45) is 0 Å². The van der Waals surface area contributed by atoms with E-state index in [9.17, 15) is 9.59 Å². The molecule has 2 rings (SSSR count). The van der Waals surface area contributed by atoms with Gasteiger partial charge in [0, 0.05) is 12.6 Å². The Hall–Kier alpha value is -2.11. The Kier molecular flexibility index (Phi) is 2.03. The zero-order chi connectivity index (χ0) is 11.0. The van der Waals surface area contributed by atoms with Gasteiger partial charge in [-0.25, -0.2) is 9.78 Å². The van der Waals surface area contributed by atoms with E-state index in [-0.39, 0.29) is 22.4 Å². The van der Waals surface area contributed by atoms with Gasteiger partial charge in [0.2, 0.25) is 11.5 Å². The first-order valence-electron chi connectivity index (χ1n) is 4.35. The van der Waals surface area contributed by atoms with Crippen molar-refractivity contribution in [2.45, 2.75) is 13.5 Å². The van der Waals surface area contributed by atoms with Crippen molar-refractivity contribution < 1.29 is 14.3 Å². The van der Waals surface area contributed by atoms with Gasteiger partial charge in [-0.05, 0) is 6.92 Å². The molecule has 0 radical (unpaired) electrons. The first-order chi connectivity index (χ1) is 7.13. The van der Waals surface area contributed by atoms with Crippen LogP contribution in [-0.2, 0) is 6.54 Å². The molecule has 0 aromatic carbocycles. The molecule has 0 unspecified atom stereocenters. The van der Waals surface area contributed by atoms with Crippen molar-refractivity contribution >= 4 is 17.1 Å². The van der Waals surface area contributed by atoms with Crippen LogP contribution in [0.3, 0.4) is 0 Å². The predicted octanol–water partition coefficient (Wildman–Crippen LogP) is 0.708. The molecule has 0 aliphatic heterocycles. The van der Waals surface area contributed by atoms with E-state index in [1.54, 1.807) is 6.92 Å². The highest BCUT2D eigenvalue weighted by Crippen LogP contribution is 2.12. The molecule has 6 nitrogen and oxygen atoms in total. The summed E-state index contributed by atoms with van der Waals surface area (Å²) in [5.41, 5.74) is -0.235. The van der Waals surface area contributed by atoms with Crippen LogP contribution in [0.4, 0.5) is 0 Å². The Bertz CT molecular complexity index is 581. The van der Waals surface area contributed by atoms with Crippen LogP contribution in [-0.4, -0.2) is 20.6 Å². The van der Waals surface area contributed by atoms with E-state index in [2.05, 4.69) is 4.98 Å². The first-order valence-corrected chi connectivity index (χ1v) is 4.35. The minimum Gasteiger partial charge on any atom is -0.475 e. The summed E-state index contributed by atoms with van der Waals surface area (Å²) in [5, 5.41) is 8.86. The van der Waals surface area contributed by atoms with Crippen molar-refractivity contribution in [1.82, 2.24) is 9.55 Å². The van der Waals surface area contributed by atoms with Gasteiger partial charge < -0.3 is 9.52 Å². The molecular formula is C9H8N2O4. The maximum Gasteiger partial charge on any atom is 0.371 e. The SMILES string of the molecule is CCn1cnc2oc(C(=O)O)cc2c1=O. The third-order valence-corrected chi connectivity index (χ3v) is 2.07. The van der Waals surface area contributed by atoms with Crippen LogP contribution in [0, 0.1) is 0 Å². The molecule has 2 heterocycles. The molecule has 0 aliphatic carbocycles. The number of furan rings is 1. The van der Waals surface area contributed by atoms with E-state index in [0.29, 0.717) is 6.54 Å². The molecule has 15 heavy (non-hydrogen) atoms. The number of nitrogens with zero attached hydrogens (tertiary/aromatic N) is 2. The zero-order valence-corrected chi connectivity index (χ0v) is 7.93. The Balaban J connectivity index is 2.77. The molecule has 0 saturated heterocycles. The van der Waals surface area contributed by atoms with Gasteiger partial charge in [-0.15, -0.1) is 0 Å². The molecule has 2 aromatic heterocycles. The third kappa shape index (κ3) is 1.39. The van der Waals surface area contributed by atoms with Crippen molar-refractivity contribution in [2.75, 3.05) is 0 Å². The summed E-state index contributed by atoms with van der Waals surface area (Å²) < 4.78 is 6.26. The molecule has 2 aromatic rings. The zero-order valence-electron chi connectivity index (χ0n) is 7.93. The largest absolute Gasteiger partial charge is 0.475 e. The number of carbonyl (C=O) groups is 1. The molecule has 0 aliphatic rings. The summed E-state index contributed by atoms with van der Waals surface area (Å²) in [6.07, 6.45) is 1.33. The number of aromatic nitrogens is 2. The molecule has 0 saturated carbocycles. The van der Waals surface area contributed by atoms with Gasteiger partial charge in [-0.2, -0.15) is 0 Å². The minimum atomic E-state index is -1.21. The number of carboxylic acids is 1. The molecule has 0 amide bonds. The van der Waals surface area contributed by atoms with Gasteiger partial charge in [-0.3, -0.25) is 9.36 Å². The molecule has 0 spiro atoms. The number of rotatable bonds is 2. The highest BCUT2D eigenvalue weighted by molar-refractivity contribution is 5.89. The number of fused-ring (bicyclic) bond motifs is 1. The number of carboxylic acid groups (broad SMARTS) is 1. The van der Waals surface area contributed by atoms with Crippen LogP contribution in [0.5, 0.6) is 0 Å².